The van der Waals surface area contributed by atoms with Crippen LogP contribution < -0.4 is 0 Å². The van der Waals surface area contributed by atoms with Crippen LogP contribution in [0.4, 0.5) is 0 Å². The van der Waals surface area contributed by atoms with E-state index in [1.54, 1.807) is 0 Å². The molecule has 2 rings (SSSR count). The van der Waals surface area contributed by atoms with Gasteiger partial charge in [-0.2, -0.15) is 11.8 Å². The molecule has 1 aliphatic rings. The van der Waals surface area contributed by atoms with Crippen LogP contribution in [0.1, 0.15) is 12.0 Å². The van der Waals surface area contributed by atoms with Crippen molar-refractivity contribution < 1.29 is 5.11 Å². The molecule has 1 saturated heterocycles. The number of benzene rings is 1. The van der Waals surface area contributed by atoms with Gasteiger partial charge < -0.3 is 10.0 Å². The van der Waals surface area contributed by atoms with E-state index < -0.39 is 5.60 Å². The van der Waals surface area contributed by atoms with E-state index in [2.05, 4.69) is 4.90 Å². The number of nitrogens with zero attached hydrogens (tertiary/aromatic N) is 1. The summed E-state index contributed by atoms with van der Waals surface area (Å²) in [4.78, 5) is 2.14. The van der Waals surface area contributed by atoms with Crippen LogP contribution in [-0.2, 0) is 5.60 Å². The molecule has 0 spiro atoms. The molecule has 1 aromatic rings. The van der Waals surface area contributed by atoms with Crippen molar-refractivity contribution in [3.8, 4) is 0 Å². The molecule has 0 unspecified atom stereocenters. The number of hydrogen-bond donors (Lipinski definition) is 1. The first-order valence-corrected chi connectivity index (χ1v) is 7.77. The third-order valence-electron chi connectivity index (χ3n) is 3.55. The first kappa shape index (κ1) is 14.2. The second-order valence-corrected chi connectivity index (χ2v) is 6.75. The predicted molar refractivity (Wildman–Crippen MR) is 79.3 cm³/mol. The SMILES string of the molecule is CN(C)C[C@@H]1CSCC[C@@]1(O)c1ccccc1Cl. The highest BCUT2D eigenvalue weighted by Gasteiger charge is 2.41. The van der Waals surface area contributed by atoms with Crippen molar-refractivity contribution >= 4 is 23.4 Å². The molecule has 18 heavy (non-hydrogen) atoms. The summed E-state index contributed by atoms with van der Waals surface area (Å²) in [6, 6.07) is 7.69. The molecule has 4 heteroatoms. The second kappa shape index (κ2) is 5.83. The Morgan fingerprint density at radius 1 is 1.44 bits per heavy atom. The minimum atomic E-state index is -0.784. The predicted octanol–water partition coefficient (Wildman–Crippen LogP) is 2.84. The Hall–Kier alpha value is -0.220. The molecule has 100 valence electrons. The van der Waals surface area contributed by atoms with Crippen LogP contribution in [0.5, 0.6) is 0 Å². The number of aliphatic hydroxyl groups is 1. The summed E-state index contributed by atoms with van der Waals surface area (Å²) >= 11 is 8.19. The fourth-order valence-electron chi connectivity index (χ4n) is 2.61. The lowest BCUT2D eigenvalue weighted by Crippen LogP contribution is -2.45. The monoisotopic (exact) mass is 285 g/mol. The number of halogens is 1. The summed E-state index contributed by atoms with van der Waals surface area (Å²) in [6.45, 7) is 0.884. The smallest absolute Gasteiger partial charge is 0.0966 e. The molecule has 0 amide bonds. The average Bonchev–Trinajstić information content (AvgIpc) is 2.32. The molecule has 1 N–H and O–H groups in total. The number of hydrogen-bond acceptors (Lipinski definition) is 3. The number of rotatable bonds is 3. The Morgan fingerprint density at radius 2 is 2.17 bits per heavy atom. The molecule has 2 atom stereocenters. The zero-order chi connectivity index (χ0) is 13.2. The molecule has 0 saturated carbocycles. The van der Waals surface area contributed by atoms with E-state index in [0.717, 1.165) is 30.0 Å². The maximum absolute atomic E-state index is 11.1. The summed E-state index contributed by atoms with van der Waals surface area (Å²) < 4.78 is 0. The van der Waals surface area contributed by atoms with Gasteiger partial charge in [-0.3, -0.25) is 0 Å². The standard InChI is InChI=1S/C14H20ClNOS/c1-16(2)9-11-10-18-8-7-14(11,17)12-5-3-4-6-13(12)15/h3-6,11,17H,7-10H2,1-2H3/t11-,14+/m1/s1. The highest BCUT2D eigenvalue weighted by atomic mass is 35.5. The Morgan fingerprint density at radius 3 is 2.83 bits per heavy atom. The van der Waals surface area contributed by atoms with Crippen molar-refractivity contribution in [1.29, 1.82) is 0 Å². The van der Waals surface area contributed by atoms with Gasteiger partial charge in [0.2, 0.25) is 0 Å². The summed E-state index contributed by atoms with van der Waals surface area (Å²) in [5.74, 6) is 2.21. The van der Waals surface area contributed by atoms with Gasteiger partial charge in [0.15, 0.2) is 0 Å². The van der Waals surface area contributed by atoms with Gasteiger partial charge in [-0.1, -0.05) is 29.8 Å². The van der Waals surface area contributed by atoms with Crippen LogP contribution in [0.3, 0.4) is 0 Å². The van der Waals surface area contributed by atoms with Gasteiger partial charge in [0.1, 0.15) is 0 Å². The third-order valence-corrected chi connectivity index (χ3v) is 5.01. The molecule has 1 aliphatic heterocycles. The lowest BCUT2D eigenvalue weighted by molar-refractivity contribution is -0.0292. The van der Waals surface area contributed by atoms with Crippen LogP contribution in [0, 0.1) is 5.92 Å². The fourth-order valence-corrected chi connectivity index (χ4v) is 4.19. The van der Waals surface area contributed by atoms with E-state index >= 15 is 0 Å². The minimum Gasteiger partial charge on any atom is -0.385 e. The molecular weight excluding hydrogens is 266 g/mol. The normalized spacial score (nSPS) is 28.6. The first-order chi connectivity index (χ1) is 8.54. The zero-order valence-electron chi connectivity index (χ0n) is 10.9. The van der Waals surface area contributed by atoms with Crippen LogP contribution in [-0.4, -0.2) is 42.2 Å². The Kier molecular flexibility index (Phi) is 4.59. The highest BCUT2D eigenvalue weighted by molar-refractivity contribution is 7.99. The summed E-state index contributed by atoms with van der Waals surface area (Å²) in [5, 5.41) is 11.8. The van der Waals surface area contributed by atoms with Crippen molar-refractivity contribution in [2.45, 2.75) is 12.0 Å². The maximum atomic E-state index is 11.1. The van der Waals surface area contributed by atoms with Gasteiger partial charge in [-0.25, -0.2) is 0 Å². The lowest BCUT2D eigenvalue weighted by atomic mass is 9.79. The Bertz CT molecular complexity index is 413. The van der Waals surface area contributed by atoms with Gasteiger partial charge in [0, 0.05) is 28.8 Å². The lowest BCUT2D eigenvalue weighted by Gasteiger charge is -2.41. The molecule has 1 fully saturated rings. The molecular formula is C14H20ClNOS. The molecule has 2 nitrogen and oxygen atoms in total. The summed E-state index contributed by atoms with van der Waals surface area (Å²) in [7, 11) is 4.10. The first-order valence-electron chi connectivity index (χ1n) is 6.24. The fraction of sp³-hybridized carbons (Fsp3) is 0.571. The quantitative estimate of drug-likeness (QED) is 0.924. The minimum absolute atomic E-state index is 0.228. The summed E-state index contributed by atoms with van der Waals surface area (Å²) in [5.41, 5.74) is 0.104. The van der Waals surface area contributed by atoms with Gasteiger partial charge in [-0.05, 0) is 32.3 Å². The van der Waals surface area contributed by atoms with E-state index in [1.165, 1.54) is 0 Å². The van der Waals surface area contributed by atoms with Crippen LogP contribution in [0.15, 0.2) is 24.3 Å². The van der Waals surface area contributed by atoms with Crippen molar-refractivity contribution in [3.63, 3.8) is 0 Å². The van der Waals surface area contributed by atoms with E-state index in [4.69, 9.17) is 11.6 Å². The van der Waals surface area contributed by atoms with E-state index in [0.29, 0.717) is 5.02 Å². The molecule has 0 radical (unpaired) electrons. The largest absolute Gasteiger partial charge is 0.385 e. The number of thioether (sulfide) groups is 1. The second-order valence-electron chi connectivity index (χ2n) is 5.19. The maximum Gasteiger partial charge on any atom is 0.0966 e. The highest BCUT2D eigenvalue weighted by Crippen LogP contribution is 2.43. The van der Waals surface area contributed by atoms with Crippen molar-refractivity contribution in [2.75, 3.05) is 32.1 Å². The van der Waals surface area contributed by atoms with Crippen LogP contribution >= 0.6 is 23.4 Å². The van der Waals surface area contributed by atoms with Crippen molar-refractivity contribution in [3.05, 3.63) is 34.9 Å². The van der Waals surface area contributed by atoms with Gasteiger partial charge in [-0.15, -0.1) is 0 Å². The summed E-state index contributed by atoms with van der Waals surface area (Å²) in [6.07, 6.45) is 0.778. The van der Waals surface area contributed by atoms with E-state index in [-0.39, 0.29) is 5.92 Å². The topological polar surface area (TPSA) is 23.5 Å². The molecule has 1 heterocycles. The van der Waals surface area contributed by atoms with Gasteiger partial charge >= 0.3 is 0 Å². The zero-order valence-corrected chi connectivity index (χ0v) is 12.5. The van der Waals surface area contributed by atoms with Gasteiger partial charge in [0.25, 0.3) is 0 Å². The van der Waals surface area contributed by atoms with Gasteiger partial charge in [0.05, 0.1) is 5.60 Å². The molecule has 0 aromatic heterocycles. The van der Waals surface area contributed by atoms with Crippen LogP contribution in [0.25, 0.3) is 0 Å². The van der Waals surface area contributed by atoms with E-state index in [1.807, 2.05) is 50.1 Å². The molecule has 0 bridgehead atoms. The third kappa shape index (κ3) is 2.85. The van der Waals surface area contributed by atoms with Crippen molar-refractivity contribution in [2.24, 2.45) is 5.92 Å². The van der Waals surface area contributed by atoms with Crippen LogP contribution in [0.2, 0.25) is 5.02 Å². The molecule has 1 aromatic carbocycles. The Balaban J connectivity index is 2.33. The Labute approximate surface area is 118 Å². The van der Waals surface area contributed by atoms with E-state index in [9.17, 15) is 5.11 Å². The molecule has 0 aliphatic carbocycles. The average molecular weight is 286 g/mol. The van der Waals surface area contributed by atoms with Crippen molar-refractivity contribution in [1.82, 2.24) is 4.90 Å².